The second-order valence-electron chi connectivity index (χ2n) is 4.44. The van der Waals surface area contributed by atoms with Gasteiger partial charge in [-0.05, 0) is 40.5 Å². The Morgan fingerprint density at radius 2 is 2.05 bits per heavy atom. The number of hydrogen-bond acceptors (Lipinski definition) is 5. The first kappa shape index (κ1) is 16.0. The van der Waals surface area contributed by atoms with E-state index in [1.54, 1.807) is 30.6 Å². The van der Waals surface area contributed by atoms with Crippen LogP contribution in [0.15, 0.2) is 40.0 Å². The SMILES string of the molecule is Cc1cnc(CNS(=O)(=O)c2cc(CN)ccc2Br)cn1. The van der Waals surface area contributed by atoms with Crippen molar-refractivity contribution in [2.45, 2.75) is 24.9 Å². The summed E-state index contributed by atoms with van der Waals surface area (Å²) in [6.45, 7) is 2.17. The molecule has 2 rings (SSSR count). The molecular weight excluding hydrogens is 356 g/mol. The van der Waals surface area contributed by atoms with Gasteiger partial charge in [0.2, 0.25) is 10.0 Å². The maximum absolute atomic E-state index is 12.3. The Morgan fingerprint density at radius 3 is 2.67 bits per heavy atom. The lowest BCUT2D eigenvalue weighted by Gasteiger charge is -2.09. The molecule has 6 nitrogen and oxygen atoms in total. The standard InChI is InChI=1S/C13H15BrN4O2S/c1-9-6-17-11(7-16-9)8-18-21(19,20)13-4-10(5-15)2-3-12(13)14/h2-4,6-7,18H,5,8,15H2,1H3. The first-order chi connectivity index (χ1) is 9.92. The van der Waals surface area contributed by atoms with Gasteiger partial charge in [0.25, 0.3) is 0 Å². The molecule has 112 valence electrons. The molecule has 0 saturated carbocycles. The van der Waals surface area contributed by atoms with Crippen LogP contribution in [0.3, 0.4) is 0 Å². The molecule has 0 amide bonds. The van der Waals surface area contributed by atoms with Crippen molar-refractivity contribution in [1.82, 2.24) is 14.7 Å². The number of nitrogens with one attached hydrogen (secondary N) is 1. The van der Waals surface area contributed by atoms with E-state index in [1.807, 2.05) is 6.92 Å². The summed E-state index contributed by atoms with van der Waals surface area (Å²) in [5.41, 5.74) is 7.62. The van der Waals surface area contributed by atoms with E-state index in [-0.39, 0.29) is 18.0 Å². The highest BCUT2D eigenvalue weighted by Gasteiger charge is 2.18. The molecule has 1 heterocycles. The molecule has 0 aliphatic heterocycles. The van der Waals surface area contributed by atoms with Crippen LogP contribution in [-0.4, -0.2) is 18.4 Å². The molecule has 0 aliphatic rings. The zero-order valence-corrected chi connectivity index (χ0v) is 13.8. The maximum atomic E-state index is 12.3. The van der Waals surface area contributed by atoms with E-state index >= 15 is 0 Å². The number of aryl methyl sites for hydroxylation is 1. The molecule has 0 atom stereocenters. The van der Waals surface area contributed by atoms with Crippen molar-refractivity contribution < 1.29 is 8.42 Å². The fourth-order valence-electron chi connectivity index (χ4n) is 1.64. The zero-order valence-electron chi connectivity index (χ0n) is 11.4. The van der Waals surface area contributed by atoms with Crippen LogP contribution in [0.1, 0.15) is 17.0 Å². The van der Waals surface area contributed by atoms with Gasteiger partial charge in [0.15, 0.2) is 0 Å². The second kappa shape index (κ2) is 6.61. The highest BCUT2D eigenvalue weighted by molar-refractivity contribution is 9.10. The topological polar surface area (TPSA) is 98.0 Å². The number of rotatable bonds is 5. The highest BCUT2D eigenvalue weighted by atomic mass is 79.9. The Morgan fingerprint density at radius 1 is 1.29 bits per heavy atom. The third kappa shape index (κ3) is 4.07. The number of benzene rings is 1. The maximum Gasteiger partial charge on any atom is 0.242 e. The van der Waals surface area contributed by atoms with E-state index in [9.17, 15) is 8.42 Å². The summed E-state index contributed by atoms with van der Waals surface area (Å²) in [5.74, 6) is 0. The molecule has 2 aromatic rings. The fraction of sp³-hybridized carbons (Fsp3) is 0.231. The van der Waals surface area contributed by atoms with E-state index in [4.69, 9.17) is 5.73 Å². The molecule has 0 bridgehead atoms. The summed E-state index contributed by atoms with van der Waals surface area (Å²) < 4.78 is 27.7. The lowest BCUT2D eigenvalue weighted by Crippen LogP contribution is -2.24. The molecule has 1 aromatic heterocycles. The molecule has 0 spiro atoms. The Hall–Kier alpha value is -1.35. The van der Waals surface area contributed by atoms with Crippen LogP contribution in [0, 0.1) is 6.92 Å². The summed E-state index contributed by atoms with van der Waals surface area (Å²) >= 11 is 3.24. The van der Waals surface area contributed by atoms with Gasteiger partial charge in [-0.3, -0.25) is 9.97 Å². The number of sulfonamides is 1. The van der Waals surface area contributed by atoms with Crippen molar-refractivity contribution in [2.75, 3.05) is 0 Å². The minimum atomic E-state index is -3.65. The van der Waals surface area contributed by atoms with Crippen LogP contribution in [0.25, 0.3) is 0 Å². The van der Waals surface area contributed by atoms with E-state index < -0.39 is 10.0 Å². The van der Waals surface area contributed by atoms with Gasteiger partial charge in [-0.15, -0.1) is 0 Å². The predicted molar refractivity (Wildman–Crippen MR) is 82.8 cm³/mol. The number of aromatic nitrogens is 2. The Labute approximate surface area is 132 Å². The van der Waals surface area contributed by atoms with Crippen molar-refractivity contribution in [3.05, 3.63) is 52.0 Å². The molecule has 3 N–H and O–H groups in total. The lowest BCUT2D eigenvalue weighted by atomic mass is 10.2. The third-order valence-electron chi connectivity index (χ3n) is 2.80. The molecule has 0 saturated heterocycles. The van der Waals surface area contributed by atoms with Crippen molar-refractivity contribution in [1.29, 1.82) is 0 Å². The monoisotopic (exact) mass is 370 g/mol. The van der Waals surface area contributed by atoms with Crippen LogP contribution in [-0.2, 0) is 23.1 Å². The van der Waals surface area contributed by atoms with Gasteiger partial charge in [0, 0.05) is 17.2 Å². The second-order valence-corrected chi connectivity index (χ2v) is 7.03. The molecule has 8 heteroatoms. The third-order valence-corrected chi connectivity index (χ3v) is 5.19. The van der Waals surface area contributed by atoms with Gasteiger partial charge < -0.3 is 5.73 Å². The Kier molecular flexibility index (Phi) is 5.04. The molecular formula is C13H15BrN4O2S. The Balaban J connectivity index is 2.20. The minimum absolute atomic E-state index is 0.0783. The smallest absolute Gasteiger partial charge is 0.242 e. The summed E-state index contributed by atoms with van der Waals surface area (Å²) in [6, 6.07) is 4.99. The van der Waals surface area contributed by atoms with Crippen molar-refractivity contribution in [3.8, 4) is 0 Å². The number of nitrogens with two attached hydrogens (primary N) is 1. The van der Waals surface area contributed by atoms with E-state index in [0.717, 1.165) is 11.3 Å². The minimum Gasteiger partial charge on any atom is -0.326 e. The summed E-state index contributed by atoms with van der Waals surface area (Å²) in [7, 11) is -3.65. The van der Waals surface area contributed by atoms with Crippen LogP contribution in [0.4, 0.5) is 0 Å². The Bertz CT molecular complexity index is 732. The van der Waals surface area contributed by atoms with Crippen LogP contribution in [0.2, 0.25) is 0 Å². The summed E-state index contributed by atoms with van der Waals surface area (Å²) in [6.07, 6.45) is 3.14. The molecule has 0 aliphatic carbocycles. The summed E-state index contributed by atoms with van der Waals surface area (Å²) in [4.78, 5) is 8.34. The average molecular weight is 371 g/mol. The van der Waals surface area contributed by atoms with Gasteiger partial charge in [-0.25, -0.2) is 13.1 Å². The normalized spacial score (nSPS) is 11.6. The van der Waals surface area contributed by atoms with Crippen LogP contribution >= 0.6 is 15.9 Å². The molecule has 0 unspecified atom stereocenters. The van der Waals surface area contributed by atoms with Gasteiger partial charge >= 0.3 is 0 Å². The number of hydrogen-bond donors (Lipinski definition) is 2. The average Bonchev–Trinajstić information content (AvgIpc) is 2.47. The van der Waals surface area contributed by atoms with Crippen molar-refractivity contribution in [3.63, 3.8) is 0 Å². The zero-order chi connectivity index (χ0) is 15.5. The van der Waals surface area contributed by atoms with Crippen molar-refractivity contribution >= 4 is 26.0 Å². The molecule has 0 radical (unpaired) electrons. The molecule has 0 fully saturated rings. The van der Waals surface area contributed by atoms with Gasteiger partial charge in [0.1, 0.15) is 0 Å². The molecule has 21 heavy (non-hydrogen) atoms. The first-order valence-corrected chi connectivity index (χ1v) is 8.45. The first-order valence-electron chi connectivity index (χ1n) is 6.18. The van der Waals surface area contributed by atoms with Gasteiger partial charge in [-0.2, -0.15) is 0 Å². The van der Waals surface area contributed by atoms with E-state index in [0.29, 0.717) is 10.2 Å². The van der Waals surface area contributed by atoms with Crippen LogP contribution in [0.5, 0.6) is 0 Å². The van der Waals surface area contributed by atoms with Crippen molar-refractivity contribution in [2.24, 2.45) is 5.73 Å². The van der Waals surface area contributed by atoms with Gasteiger partial charge in [-0.1, -0.05) is 6.07 Å². The summed E-state index contributed by atoms with van der Waals surface area (Å²) in [5, 5.41) is 0. The largest absolute Gasteiger partial charge is 0.326 e. The van der Waals surface area contributed by atoms with E-state index in [1.165, 1.54) is 0 Å². The lowest BCUT2D eigenvalue weighted by molar-refractivity contribution is 0.579. The molecule has 1 aromatic carbocycles. The van der Waals surface area contributed by atoms with Crippen LogP contribution < -0.4 is 10.5 Å². The van der Waals surface area contributed by atoms with E-state index in [2.05, 4.69) is 30.6 Å². The predicted octanol–water partition coefficient (Wildman–Crippen LogP) is 1.48. The highest BCUT2D eigenvalue weighted by Crippen LogP contribution is 2.23. The number of nitrogens with zero attached hydrogens (tertiary/aromatic N) is 2. The fourth-order valence-corrected chi connectivity index (χ4v) is 3.65. The quantitative estimate of drug-likeness (QED) is 0.830. The van der Waals surface area contributed by atoms with Gasteiger partial charge in [0.05, 0.1) is 29.0 Å². The number of halogens is 1.